The Kier molecular flexibility index (Phi) is 5.99. The second-order valence-corrected chi connectivity index (χ2v) is 6.47. The van der Waals surface area contributed by atoms with Crippen molar-refractivity contribution in [2.45, 2.75) is 25.9 Å². The number of para-hydroxylation sites is 1. The van der Waals surface area contributed by atoms with Crippen molar-refractivity contribution in [3.05, 3.63) is 59.8 Å². The number of fused-ring (bicyclic) bond motifs is 1. The summed E-state index contributed by atoms with van der Waals surface area (Å²) in [6.45, 7) is 1.59. The van der Waals surface area contributed by atoms with Gasteiger partial charge in [-0.25, -0.2) is 0 Å². The van der Waals surface area contributed by atoms with E-state index in [9.17, 15) is 9.59 Å². The minimum absolute atomic E-state index is 0.155. The van der Waals surface area contributed by atoms with Crippen molar-refractivity contribution in [3.63, 3.8) is 0 Å². The Bertz CT molecular complexity index is 969. The predicted molar refractivity (Wildman–Crippen MR) is 106 cm³/mol. The zero-order valence-corrected chi connectivity index (χ0v) is 16.2. The van der Waals surface area contributed by atoms with E-state index in [0.717, 1.165) is 16.5 Å². The Labute approximate surface area is 163 Å². The first-order valence-electron chi connectivity index (χ1n) is 9.03. The summed E-state index contributed by atoms with van der Waals surface area (Å²) in [5.41, 5.74) is 2.29. The number of rotatable bonds is 8. The fraction of sp³-hybridized carbons (Fsp3) is 0.273. The molecule has 0 saturated carbocycles. The van der Waals surface area contributed by atoms with E-state index in [1.165, 1.54) is 0 Å². The third kappa shape index (κ3) is 4.34. The average molecular weight is 381 g/mol. The van der Waals surface area contributed by atoms with Gasteiger partial charge in [0.05, 0.1) is 14.2 Å². The molecule has 6 heteroatoms. The van der Waals surface area contributed by atoms with E-state index in [4.69, 9.17) is 14.2 Å². The van der Waals surface area contributed by atoms with Crippen molar-refractivity contribution >= 4 is 22.7 Å². The lowest BCUT2D eigenvalue weighted by atomic mass is 10.1. The van der Waals surface area contributed by atoms with Crippen LogP contribution in [0.5, 0.6) is 11.5 Å². The normalized spacial score (nSPS) is 11.8. The Morgan fingerprint density at radius 2 is 1.71 bits per heavy atom. The van der Waals surface area contributed by atoms with Crippen LogP contribution in [0.25, 0.3) is 10.9 Å². The lowest BCUT2D eigenvalue weighted by Gasteiger charge is -2.12. The lowest BCUT2D eigenvalue weighted by Crippen LogP contribution is -2.24. The number of H-pyrrole nitrogens is 1. The summed E-state index contributed by atoms with van der Waals surface area (Å²) in [4.78, 5) is 28.0. The van der Waals surface area contributed by atoms with E-state index in [1.807, 2.05) is 36.4 Å². The number of esters is 1. The maximum Gasteiger partial charge on any atom is 0.306 e. The minimum atomic E-state index is -0.855. The number of ether oxygens (including phenoxy) is 3. The molecule has 0 saturated heterocycles. The SMILES string of the molecule is COc1cc(CCC(=O)O[C@H](C)C(=O)c2c[nH]c3ccccc23)cc(OC)c1. The number of aryl methyl sites for hydroxylation is 1. The number of carbonyl (C=O) groups is 2. The van der Waals surface area contributed by atoms with Crippen molar-refractivity contribution in [2.75, 3.05) is 14.2 Å². The Morgan fingerprint density at radius 3 is 2.39 bits per heavy atom. The van der Waals surface area contributed by atoms with Crippen LogP contribution in [0.3, 0.4) is 0 Å². The van der Waals surface area contributed by atoms with E-state index in [0.29, 0.717) is 23.5 Å². The molecule has 0 aliphatic rings. The zero-order chi connectivity index (χ0) is 20.1. The van der Waals surface area contributed by atoms with Gasteiger partial charge in [0.15, 0.2) is 6.10 Å². The third-order valence-electron chi connectivity index (χ3n) is 4.56. The van der Waals surface area contributed by atoms with Crippen LogP contribution in [-0.2, 0) is 16.0 Å². The fourth-order valence-electron chi connectivity index (χ4n) is 3.06. The molecule has 0 amide bonds. The number of aromatic nitrogens is 1. The van der Waals surface area contributed by atoms with Gasteiger partial charge in [-0.2, -0.15) is 0 Å². The van der Waals surface area contributed by atoms with Crippen LogP contribution in [0.1, 0.15) is 29.3 Å². The molecular formula is C22H23NO5. The number of hydrogen-bond acceptors (Lipinski definition) is 5. The average Bonchev–Trinajstić information content (AvgIpc) is 3.15. The molecule has 0 fully saturated rings. The molecule has 28 heavy (non-hydrogen) atoms. The first kappa shape index (κ1) is 19.5. The second-order valence-electron chi connectivity index (χ2n) is 6.47. The number of benzene rings is 2. The minimum Gasteiger partial charge on any atom is -0.497 e. The smallest absolute Gasteiger partial charge is 0.306 e. The van der Waals surface area contributed by atoms with Gasteiger partial charge in [-0.3, -0.25) is 9.59 Å². The summed E-state index contributed by atoms with van der Waals surface area (Å²) in [5, 5.41) is 0.818. The second kappa shape index (κ2) is 8.61. The largest absolute Gasteiger partial charge is 0.497 e. The van der Waals surface area contributed by atoms with Gasteiger partial charge in [0.1, 0.15) is 11.5 Å². The molecule has 6 nitrogen and oxygen atoms in total. The molecule has 1 N–H and O–H groups in total. The van der Waals surface area contributed by atoms with E-state index >= 15 is 0 Å². The predicted octanol–water partition coefficient (Wildman–Crippen LogP) is 3.93. The molecule has 1 aromatic heterocycles. The van der Waals surface area contributed by atoms with Crippen LogP contribution in [0, 0.1) is 0 Å². The molecule has 0 unspecified atom stereocenters. The molecule has 1 atom stereocenters. The van der Waals surface area contributed by atoms with Crippen LogP contribution in [0.2, 0.25) is 0 Å². The molecule has 3 rings (SSSR count). The summed E-state index contributed by atoms with van der Waals surface area (Å²) in [7, 11) is 3.15. The molecule has 3 aromatic rings. The van der Waals surface area contributed by atoms with Gasteiger partial charge in [0.2, 0.25) is 5.78 Å². The van der Waals surface area contributed by atoms with Gasteiger partial charge in [-0.1, -0.05) is 18.2 Å². The zero-order valence-electron chi connectivity index (χ0n) is 16.2. The first-order valence-corrected chi connectivity index (χ1v) is 9.03. The maximum atomic E-state index is 12.7. The molecule has 0 aliphatic carbocycles. The van der Waals surface area contributed by atoms with Gasteiger partial charge in [-0.05, 0) is 37.1 Å². The number of hydrogen-bond donors (Lipinski definition) is 1. The van der Waals surface area contributed by atoms with E-state index in [-0.39, 0.29) is 12.2 Å². The number of aromatic amines is 1. The quantitative estimate of drug-likeness (QED) is 0.472. The van der Waals surface area contributed by atoms with Crippen LogP contribution < -0.4 is 9.47 Å². The Balaban J connectivity index is 1.61. The summed E-state index contributed by atoms with van der Waals surface area (Å²) < 4.78 is 15.8. The van der Waals surface area contributed by atoms with Crippen LogP contribution >= 0.6 is 0 Å². The van der Waals surface area contributed by atoms with Crippen LogP contribution in [-0.4, -0.2) is 37.1 Å². The summed E-state index contributed by atoms with van der Waals surface area (Å²) in [5.74, 6) is 0.660. The highest BCUT2D eigenvalue weighted by atomic mass is 16.5. The fourth-order valence-corrected chi connectivity index (χ4v) is 3.06. The highest BCUT2D eigenvalue weighted by Gasteiger charge is 2.22. The highest BCUT2D eigenvalue weighted by molar-refractivity contribution is 6.10. The van der Waals surface area contributed by atoms with E-state index < -0.39 is 12.1 Å². The van der Waals surface area contributed by atoms with Crippen molar-refractivity contribution in [2.24, 2.45) is 0 Å². The van der Waals surface area contributed by atoms with Gasteiger partial charge >= 0.3 is 5.97 Å². The molecule has 0 aliphatic heterocycles. The van der Waals surface area contributed by atoms with Gasteiger partial charge in [-0.15, -0.1) is 0 Å². The van der Waals surface area contributed by atoms with Crippen molar-refractivity contribution < 1.29 is 23.8 Å². The number of methoxy groups -OCH3 is 2. The number of carbonyl (C=O) groups excluding carboxylic acids is 2. The molecule has 0 spiro atoms. The molecule has 0 radical (unpaired) electrons. The van der Waals surface area contributed by atoms with Crippen molar-refractivity contribution in [1.82, 2.24) is 4.98 Å². The molecule has 0 bridgehead atoms. The summed E-state index contributed by atoms with van der Waals surface area (Å²) >= 11 is 0. The van der Waals surface area contributed by atoms with Gasteiger partial charge < -0.3 is 19.2 Å². The lowest BCUT2D eigenvalue weighted by molar-refractivity contribution is -0.146. The number of nitrogens with one attached hydrogen (secondary N) is 1. The standard InChI is InChI=1S/C22H23NO5/c1-14(22(25)19-13-23-20-7-5-4-6-18(19)20)28-21(24)9-8-15-10-16(26-2)12-17(11-15)27-3/h4-7,10-14,23H,8-9H2,1-3H3/t14-/m1/s1. The Morgan fingerprint density at radius 1 is 1.04 bits per heavy atom. The van der Waals surface area contributed by atoms with E-state index in [2.05, 4.69) is 4.98 Å². The number of Topliss-reactive ketones (excluding diaryl/α,β-unsaturated/α-hetero) is 1. The topological polar surface area (TPSA) is 77.6 Å². The summed E-state index contributed by atoms with van der Waals surface area (Å²) in [6.07, 6.45) is 1.41. The molecule has 1 heterocycles. The number of ketones is 1. The van der Waals surface area contributed by atoms with E-state index in [1.54, 1.807) is 33.4 Å². The first-order chi connectivity index (χ1) is 13.5. The van der Waals surface area contributed by atoms with Crippen LogP contribution in [0.15, 0.2) is 48.7 Å². The van der Waals surface area contributed by atoms with Crippen molar-refractivity contribution in [1.29, 1.82) is 0 Å². The van der Waals surface area contributed by atoms with Crippen molar-refractivity contribution in [3.8, 4) is 11.5 Å². The molecular weight excluding hydrogens is 358 g/mol. The highest BCUT2D eigenvalue weighted by Crippen LogP contribution is 2.24. The van der Waals surface area contributed by atoms with Crippen LogP contribution in [0.4, 0.5) is 0 Å². The monoisotopic (exact) mass is 381 g/mol. The summed E-state index contributed by atoms with van der Waals surface area (Å²) in [6, 6.07) is 13.0. The molecule has 2 aromatic carbocycles. The molecule has 146 valence electrons. The Hall–Kier alpha value is -3.28. The maximum absolute atomic E-state index is 12.7. The third-order valence-corrected chi connectivity index (χ3v) is 4.56. The van der Waals surface area contributed by atoms with Gasteiger partial charge in [0, 0.05) is 35.2 Å². The van der Waals surface area contributed by atoms with Gasteiger partial charge in [0.25, 0.3) is 0 Å².